The summed E-state index contributed by atoms with van der Waals surface area (Å²) in [4.78, 5) is 38.3. The van der Waals surface area contributed by atoms with Crippen molar-refractivity contribution in [2.75, 3.05) is 33.4 Å². The average molecular weight is 503 g/mol. The molecule has 188 valence electrons. The van der Waals surface area contributed by atoms with E-state index in [1.54, 1.807) is 13.2 Å². The molecule has 0 aromatic heterocycles. The number of hydrogen-bond donors (Lipinski definition) is 1. The standard InChI is InChI=1S/C26H31ClN2O6/c1-3-13-28(14-12-25(32)33)26(18-4-7-20(27)8-5-18)19-6-9-21(22(17-19)34-2)35-16-15-29-23(30)10-11-24(29)31/h4-9,17,26H,3,10-16H2,1-2H3,(H,32,33). The summed E-state index contributed by atoms with van der Waals surface area (Å²) in [7, 11) is 1.55. The molecule has 9 heteroatoms. The second-order valence-electron chi connectivity index (χ2n) is 8.33. The van der Waals surface area contributed by atoms with Crippen molar-refractivity contribution in [1.82, 2.24) is 9.80 Å². The third-order valence-corrected chi connectivity index (χ3v) is 6.16. The summed E-state index contributed by atoms with van der Waals surface area (Å²) in [6.07, 6.45) is 1.38. The van der Waals surface area contributed by atoms with Crippen molar-refractivity contribution < 1.29 is 29.0 Å². The first kappa shape index (κ1) is 26.5. The molecule has 0 spiro atoms. The molecule has 1 fully saturated rings. The van der Waals surface area contributed by atoms with Crippen LogP contribution in [0.5, 0.6) is 11.5 Å². The van der Waals surface area contributed by atoms with Crippen molar-refractivity contribution in [3.05, 3.63) is 58.6 Å². The van der Waals surface area contributed by atoms with Gasteiger partial charge in [-0.25, -0.2) is 0 Å². The molecule has 0 bridgehead atoms. The molecule has 8 nitrogen and oxygen atoms in total. The van der Waals surface area contributed by atoms with Gasteiger partial charge in [-0.3, -0.25) is 24.2 Å². The van der Waals surface area contributed by atoms with Gasteiger partial charge in [0.25, 0.3) is 0 Å². The number of carboxylic acid groups (broad SMARTS) is 1. The summed E-state index contributed by atoms with van der Waals surface area (Å²) in [5.74, 6) is -0.196. The molecule has 1 aliphatic heterocycles. The van der Waals surface area contributed by atoms with Crippen LogP contribution in [0, 0.1) is 0 Å². The number of imide groups is 1. The minimum atomic E-state index is -0.850. The predicted molar refractivity (Wildman–Crippen MR) is 132 cm³/mol. The number of rotatable bonds is 13. The van der Waals surface area contributed by atoms with Crippen LogP contribution in [0.1, 0.15) is 49.8 Å². The van der Waals surface area contributed by atoms with E-state index in [2.05, 4.69) is 11.8 Å². The number of halogens is 1. The Morgan fingerprint density at radius 1 is 1.06 bits per heavy atom. The number of ether oxygens (including phenoxy) is 2. The first-order valence-corrected chi connectivity index (χ1v) is 12.1. The quantitative estimate of drug-likeness (QED) is 0.411. The van der Waals surface area contributed by atoms with Crippen LogP contribution in [0.15, 0.2) is 42.5 Å². The molecule has 1 heterocycles. The number of carbonyl (C=O) groups excluding carboxylic acids is 2. The molecule has 0 aliphatic carbocycles. The summed E-state index contributed by atoms with van der Waals surface area (Å²) >= 11 is 6.11. The van der Waals surface area contributed by atoms with Gasteiger partial charge in [-0.05, 0) is 48.4 Å². The van der Waals surface area contributed by atoms with E-state index in [9.17, 15) is 19.5 Å². The van der Waals surface area contributed by atoms with Crippen LogP contribution in [-0.2, 0) is 14.4 Å². The maximum atomic E-state index is 11.8. The van der Waals surface area contributed by atoms with E-state index in [-0.39, 0.29) is 50.3 Å². The Bertz CT molecular complexity index is 1030. The summed E-state index contributed by atoms with van der Waals surface area (Å²) in [5.41, 5.74) is 1.90. The highest BCUT2D eigenvalue weighted by molar-refractivity contribution is 6.30. The lowest BCUT2D eigenvalue weighted by atomic mass is 9.96. The summed E-state index contributed by atoms with van der Waals surface area (Å²) in [5, 5.41) is 9.90. The molecular formula is C26H31ClN2O6. The summed E-state index contributed by atoms with van der Waals surface area (Å²) in [6, 6.07) is 12.9. The first-order chi connectivity index (χ1) is 16.8. The van der Waals surface area contributed by atoms with Crippen molar-refractivity contribution in [3.8, 4) is 11.5 Å². The molecule has 3 rings (SSSR count). The maximum Gasteiger partial charge on any atom is 0.304 e. The van der Waals surface area contributed by atoms with Gasteiger partial charge in [0, 0.05) is 24.4 Å². The number of nitrogens with zero attached hydrogens (tertiary/aromatic N) is 2. The van der Waals surface area contributed by atoms with Crippen LogP contribution in [0.3, 0.4) is 0 Å². The number of aliphatic carboxylic acids is 1. The highest BCUT2D eigenvalue weighted by Gasteiger charge is 2.28. The fourth-order valence-corrected chi connectivity index (χ4v) is 4.37. The second-order valence-corrected chi connectivity index (χ2v) is 8.77. The Morgan fingerprint density at radius 2 is 1.71 bits per heavy atom. The minimum absolute atomic E-state index is 0.0242. The van der Waals surface area contributed by atoms with Crippen molar-refractivity contribution in [3.63, 3.8) is 0 Å². The molecule has 2 amide bonds. The average Bonchev–Trinajstić information content (AvgIpc) is 3.16. The highest BCUT2D eigenvalue weighted by Crippen LogP contribution is 2.36. The number of hydrogen-bond acceptors (Lipinski definition) is 6. The van der Waals surface area contributed by atoms with E-state index in [4.69, 9.17) is 21.1 Å². The van der Waals surface area contributed by atoms with Gasteiger partial charge in [-0.1, -0.05) is 36.7 Å². The van der Waals surface area contributed by atoms with E-state index < -0.39 is 5.97 Å². The normalized spacial score (nSPS) is 14.5. The van der Waals surface area contributed by atoms with Gasteiger partial charge < -0.3 is 14.6 Å². The zero-order chi connectivity index (χ0) is 25.4. The Labute approximate surface area is 210 Å². The van der Waals surface area contributed by atoms with E-state index in [0.717, 1.165) is 17.5 Å². The van der Waals surface area contributed by atoms with Gasteiger partial charge in [0.2, 0.25) is 11.8 Å². The lowest BCUT2D eigenvalue weighted by molar-refractivity contribution is -0.139. The van der Waals surface area contributed by atoms with Crippen LogP contribution in [-0.4, -0.2) is 66.0 Å². The Balaban J connectivity index is 1.86. The fraction of sp³-hybridized carbons (Fsp3) is 0.423. The van der Waals surface area contributed by atoms with Crippen LogP contribution >= 0.6 is 11.6 Å². The summed E-state index contributed by atoms with van der Waals surface area (Å²) in [6.45, 7) is 3.50. The van der Waals surface area contributed by atoms with Gasteiger partial charge in [-0.2, -0.15) is 0 Å². The van der Waals surface area contributed by atoms with Gasteiger partial charge >= 0.3 is 5.97 Å². The van der Waals surface area contributed by atoms with Crippen molar-refractivity contribution >= 4 is 29.4 Å². The number of amides is 2. The monoisotopic (exact) mass is 502 g/mol. The number of likely N-dealkylation sites (tertiary alicyclic amines) is 1. The van der Waals surface area contributed by atoms with Crippen LogP contribution in [0.25, 0.3) is 0 Å². The topological polar surface area (TPSA) is 96.4 Å². The molecule has 1 N–H and O–H groups in total. The first-order valence-electron chi connectivity index (χ1n) is 11.7. The number of carbonyl (C=O) groups is 3. The molecule has 0 radical (unpaired) electrons. The van der Waals surface area contributed by atoms with Crippen molar-refractivity contribution in [2.45, 2.75) is 38.6 Å². The van der Waals surface area contributed by atoms with Gasteiger partial charge in [0.1, 0.15) is 6.61 Å². The smallest absolute Gasteiger partial charge is 0.304 e. The van der Waals surface area contributed by atoms with Crippen molar-refractivity contribution in [2.24, 2.45) is 0 Å². The second kappa shape index (κ2) is 12.6. The molecule has 1 unspecified atom stereocenters. The predicted octanol–water partition coefficient (Wildman–Crippen LogP) is 4.15. The lowest BCUT2D eigenvalue weighted by Crippen LogP contribution is -2.33. The Hall–Kier alpha value is -3.10. The van der Waals surface area contributed by atoms with E-state index in [1.165, 1.54) is 4.90 Å². The molecule has 1 saturated heterocycles. The molecule has 1 aliphatic rings. The Morgan fingerprint density at radius 3 is 2.31 bits per heavy atom. The molecule has 0 saturated carbocycles. The number of methoxy groups -OCH3 is 1. The minimum Gasteiger partial charge on any atom is -0.493 e. The molecule has 35 heavy (non-hydrogen) atoms. The number of benzene rings is 2. The third kappa shape index (κ3) is 6.96. The van der Waals surface area contributed by atoms with Crippen LogP contribution < -0.4 is 9.47 Å². The third-order valence-electron chi connectivity index (χ3n) is 5.91. The molecular weight excluding hydrogens is 472 g/mol. The van der Waals surface area contributed by atoms with E-state index in [1.807, 2.05) is 36.4 Å². The van der Waals surface area contributed by atoms with Crippen LogP contribution in [0.4, 0.5) is 0 Å². The SMILES string of the molecule is CCCN(CCC(=O)O)C(c1ccc(Cl)cc1)c1ccc(OCCN2C(=O)CCC2=O)c(OC)c1. The zero-order valence-electron chi connectivity index (χ0n) is 20.0. The van der Waals surface area contributed by atoms with Crippen molar-refractivity contribution in [1.29, 1.82) is 0 Å². The largest absolute Gasteiger partial charge is 0.493 e. The van der Waals surface area contributed by atoms with Crippen LogP contribution in [0.2, 0.25) is 5.02 Å². The molecule has 2 aromatic carbocycles. The summed E-state index contributed by atoms with van der Waals surface area (Å²) < 4.78 is 11.4. The lowest BCUT2D eigenvalue weighted by Gasteiger charge is -2.32. The van der Waals surface area contributed by atoms with Gasteiger partial charge in [-0.15, -0.1) is 0 Å². The molecule has 2 aromatic rings. The van der Waals surface area contributed by atoms with Gasteiger partial charge in [0.15, 0.2) is 11.5 Å². The van der Waals surface area contributed by atoms with E-state index in [0.29, 0.717) is 29.6 Å². The number of carboxylic acids is 1. The molecule has 1 atom stereocenters. The van der Waals surface area contributed by atoms with Gasteiger partial charge in [0.05, 0.1) is 26.1 Å². The maximum absolute atomic E-state index is 11.8. The highest BCUT2D eigenvalue weighted by atomic mass is 35.5. The Kier molecular flexibility index (Phi) is 9.51. The van der Waals surface area contributed by atoms with E-state index >= 15 is 0 Å². The fourth-order valence-electron chi connectivity index (χ4n) is 4.25. The zero-order valence-corrected chi connectivity index (χ0v) is 20.8.